The molecule has 0 saturated heterocycles. The Kier molecular flexibility index (Phi) is 7.71. The normalized spacial score (nSPS) is 21.2. The fourth-order valence-electron chi connectivity index (χ4n) is 5.16. The minimum atomic E-state index is -1.15. The van der Waals surface area contributed by atoms with Crippen LogP contribution in [0.25, 0.3) is 0 Å². The molecule has 1 aliphatic carbocycles. The smallest absolute Gasteiger partial charge is 0.336 e. The highest BCUT2D eigenvalue weighted by atomic mass is 16.5. The Bertz CT molecular complexity index is 1260. The summed E-state index contributed by atoms with van der Waals surface area (Å²) >= 11 is 0. The van der Waals surface area contributed by atoms with Gasteiger partial charge in [-0.15, -0.1) is 0 Å². The number of carbonyl (C=O) groups is 3. The van der Waals surface area contributed by atoms with Crippen molar-refractivity contribution < 1.29 is 37.7 Å². The molecule has 9 nitrogen and oxygen atoms in total. The molecule has 1 N–H and O–H groups in total. The van der Waals surface area contributed by atoms with Crippen LogP contribution < -0.4 is 14.8 Å². The zero-order valence-electron chi connectivity index (χ0n) is 21.6. The molecule has 0 spiro atoms. The topological polar surface area (TPSA) is 113 Å². The van der Waals surface area contributed by atoms with Gasteiger partial charge in [-0.3, -0.25) is 9.59 Å². The van der Waals surface area contributed by atoms with Gasteiger partial charge in [-0.1, -0.05) is 0 Å². The van der Waals surface area contributed by atoms with Gasteiger partial charge in [0.1, 0.15) is 23.2 Å². The van der Waals surface area contributed by atoms with Gasteiger partial charge >= 0.3 is 11.9 Å². The summed E-state index contributed by atoms with van der Waals surface area (Å²) < 4.78 is 27.4. The van der Waals surface area contributed by atoms with Crippen LogP contribution in [0.2, 0.25) is 0 Å². The van der Waals surface area contributed by atoms with E-state index in [1.807, 2.05) is 0 Å². The molecule has 37 heavy (non-hydrogen) atoms. The third-order valence-corrected chi connectivity index (χ3v) is 6.71. The quantitative estimate of drug-likeness (QED) is 0.416. The Morgan fingerprint density at radius 3 is 2.46 bits per heavy atom. The zero-order valence-corrected chi connectivity index (χ0v) is 21.6. The summed E-state index contributed by atoms with van der Waals surface area (Å²) in [6, 6.07) is 8.64. The molecule has 3 atom stereocenters. The fourth-order valence-corrected chi connectivity index (χ4v) is 5.16. The molecular weight excluding hydrogens is 478 g/mol. The standard InChI is InChI=1S/C28H31NO8/c1-6-35-27(31)22-15(3)29-19-14-18(21-9-8-12-37-21)24(28(32)36-7-2)26(30)25(19)23(22)17-13-16(33-4)10-11-20(17)34-5/h8-13,18,23-24,29H,6-7,14H2,1-5H3/t18-,23+,24+/m0/s1. The molecule has 0 amide bonds. The first-order valence-electron chi connectivity index (χ1n) is 12.2. The molecule has 2 aliphatic rings. The second kappa shape index (κ2) is 10.9. The highest BCUT2D eigenvalue weighted by molar-refractivity contribution is 6.13. The average Bonchev–Trinajstić information content (AvgIpc) is 3.42. The van der Waals surface area contributed by atoms with E-state index in [-0.39, 0.29) is 18.8 Å². The van der Waals surface area contributed by atoms with Gasteiger partial charge in [-0.2, -0.15) is 0 Å². The number of ether oxygens (including phenoxy) is 4. The molecule has 1 aliphatic heterocycles. The number of ketones is 1. The predicted octanol–water partition coefficient (Wildman–Crippen LogP) is 4.01. The number of methoxy groups -OCH3 is 2. The molecule has 0 bridgehead atoms. The number of benzene rings is 1. The number of hydrogen-bond acceptors (Lipinski definition) is 9. The average molecular weight is 510 g/mol. The lowest BCUT2D eigenvalue weighted by molar-refractivity contribution is -0.152. The van der Waals surface area contributed by atoms with Crippen LogP contribution in [0.5, 0.6) is 11.5 Å². The van der Waals surface area contributed by atoms with Gasteiger partial charge in [0.2, 0.25) is 0 Å². The van der Waals surface area contributed by atoms with Crippen LogP contribution in [0.15, 0.2) is 63.6 Å². The number of Topliss-reactive ketones (excluding diaryl/α,β-unsaturated/α-hetero) is 1. The van der Waals surface area contributed by atoms with Crippen molar-refractivity contribution in [1.82, 2.24) is 5.32 Å². The van der Waals surface area contributed by atoms with Gasteiger partial charge in [0, 0.05) is 28.4 Å². The summed E-state index contributed by atoms with van der Waals surface area (Å²) in [6.07, 6.45) is 1.81. The van der Waals surface area contributed by atoms with Crippen LogP contribution in [0.1, 0.15) is 50.4 Å². The first-order valence-corrected chi connectivity index (χ1v) is 12.2. The van der Waals surface area contributed by atoms with Crippen molar-refractivity contribution in [3.63, 3.8) is 0 Å². The third kappa shape index (κ3) is 4.73. The molecule has 2 aromatic rings. The molecule has 4 rings (SSSR count). The summed E-state index contributed by atoms with van der Waals surface area (Å²) in [4.78, 5) is 40.7. The molecule has 2 heterocycles. The fraction of sp³-hybridized carbons (Fsp3) is 0.393. The van der Waals surface area contributed by atoms with Gasteiger partial charge < -0.3 is 28.7 Å². The highest BCUT2D eigenvalue weighted by Crippen LogP contribution is 2.50. The molecular formula is C28H31NO8. The Morgan fingerprint density at radius 1 is 1.08 bits per heavy atom. The zero-order chi connectivity index (χ0) is 26.7. The molecule has 9 heteroatoms. The van der Waals surface area contributed by atoms with Crippen LogP contribution in [-0.4, -0.2) is 45.2 Å². The van der Waals surface area contributed by atoms with Crippen LogP contribution in [0.3, 0.4) is 0 Å². The predicted molar refractivity (Wildman–Crippen MR) is 133 cm³/mol. The molecule has 1 aromatic carbocycles. The maximum atomic E-state index is 14.3. The third-order valence-electron chi connectivity index (χ3n) is 6.71. The summed E-state index contributed by atoms with van der Waals surface area (Å²) in [5, 5.41) is 3.26. The van der Waals surface area contributed by atoms with E-state index < -0.39 is 35.5 Å². The van der Waals surface area contributed by atoms with E-state index in [2.05, 4.69) is 5.32 Å². The van der Waals surface area contributed by atoms with Crippen molar-refractivity contribution in [2.45, 2.75) is 39.0 Å². The maximum Gasteiger partial charge on any atom is 0.336 e. The van der Waals surface area contributed by atoms with Crippen molar-refractivity contribution in [1.29, 1.82) is 0 Å². The Hall–Kier alpha value is -4.01. The Labute approximate surface area is 215 Å². The minimum Gasteiger partial charge on any atom is -0.497 e. The van der Waals surface area contributed by atoms with Gasteiger partial charge in [0.25, 0.3) is 0 Å². The summed E-state index contributed by atoms with van der Waals surface area (Å²) in [5.41, 5.74) is 2.26. The molecule has 196 valence electrons. The van der Waals surface area contributed by atoms with Crippen molar-refractivity contribution in [3.8, 4) is 11.5 Å². The molecule has 0 saturated carbocycles. The van der Waals surface area contributed by atoms with Crippen LogP contribution in [0.4, 0.5) is 0 Å². The highest BCUT2D eigenvalue weighted by Gasteiger charge is 2.50. The number of carbonyl (C=O) groups excluding carboxylic acids is 3. The summed E-state index contributed by atoms with van der Waals surface area (Å²) in [5.74, 6) is -2.74. The van der Waals surface area contributed by atoms with Gasteiger partial charge in [0.05, 0.1) is 45.2 Å². The SMILES string of the molecule is CCOC(=O)C1=C(C)NC2=C(C(=O)[C@H](C(=O)OCC)[C@H](c3ccco3)C2)[C@@H]1c1cc(OC)ccc1OC. The first-order chi connectivity index (χ1) is 17.9. The number of nitrogens with one attached hydrogen (secondary N) is 1. The van der Waals surface area contributed by atoms with E-state index in [1.54, 1.807) is 51.1 Å². The van der Waals surface area contributed by atoms with Crippen molar-refractivity contribution >= 4 is 17.7 Å². The first kappa shape index (κ1) is 26.1. The van der Waals surface area contributed by atoms with Crippen molar-refractivity contribution in [2.75, 3.05) is 27.4 Å². The number of allylic oxidation sites excluding steroid dienone is 3. The number of furan rings is 1. The van der Waals surface area contributed by atoms with E-state index in [4.69, 9.17) is 23.4 Å². The Balaban J connectivity index is 1.95. The monoisotopic (exact) mass is 509 g/mol. The summed E-state index contributed by atoms with van der Waals surface area (Å²) in [7, 11) is 3.04. The van der Waals surface area contributed by atoms with Gasteiger partial charge in [0.15, 0.2) is 5.78 Å². The van der Waals surface area contributed by atoms with Crippen molar-refractivity contribution in [3.05, 3.63) is 70.5 Å². The van der Waals surface area contributed by atoms with Gasteiger partial charge in [-0.05, 0) is 57.5 Å². The number of dihydropyridines is 1. The van der Waals surface area contributed by atoms with Crippen molar-refractivity contribution in [2.24, 2.45) is 5.92 Å². The van der Waals surface area contributed by atoms with Gasteiger partial charge in [-0.25, -0.2) is 4.79 Å². The molecule has 0 fully saturated rings. The van der Waals surface area contributed by atoms with Crippen LogP contribution >= 0.6 is 0 Å². The molecule has 1 aromatic heterocycles. The number of esters is 2. The van der Waals surface area contributed by atoms with Crippen LogP contribution in [-0.2, 0) is 23.9 Å². The second-order valence-corrected chi connectivity index (χ2v) is 8.74. The Morgan fingerprint density at radius 2 is 1.84 bits per heavy atom. The molecule has 0 unspecified atom stereocenters. The van der Waals surface area contributed by atoms with E-state index in [9.17, 15) is 14.4 Å². The van der Waals surface area contributed by atoms with E-state index in [0.29, 0.717) is 46.2 Å². The number of hydrogen-bond donors (Lipinski definition) is 1. The lowest BCUT2D eigenvalue weighted by atomic mass is 9.68. The van der Waals surface area contributed by atoms with Crippen LogP contribution in [0, 0.1) is 5.92 Å². The number of rotatable bonds is 8. The second-order valence-electron chi connectivity index (χ2n) is 8.74. The maximum absolute atomic E-state index is 14.3. The van der Waals surface area contributed by atoms with E-state index in [1.165, 1.54) is 20.5 Å². The lowest BCUT2D eigenvalue weighted by Crippen LogP contribution is -2.43. The van der Waals surface area contributed by atoms with E-state index >= 15 is 0 Å². The van der Waals surface area contributed by atoms with E-state index in [0.717, 1.165) is 0 Å². The summed E-state index contributed by atoms with van der Waals surface area (Å²) in [6.45, 7) is 5.45. The minimum absolute atomic E-state index is 0.123. The largest absolute Gasteiger partial charge is 0.497 e. The lowest BCUT2D eigenvalue weighted by Gasteiger charge is -2.39. The molecule has 0 radical (unpaired) electrons.